The van der Waals surface area contributed by atoms with Crippen molar-refractivity contribution in [2.75, 3.05) is 0 Å². The molecule has 5 heteroatoms. The number of rotatable bonds is 4. The second-order valence-electron chi connectivity index (χ2n) is 5.76. The molecule has 1 aromatic carbocycles. The van der Waals surface area contributed by atoms with E-state index in [9.17, 15) is 0 Å². The zero-order valence-corrected chi connectivity index (χ0v) is 12.1. The average Bonchev–Trinajstić information content (AvgIpc) is 3.06. The Morgan fingerprint density at radius 3 is 2.90 bits per heavy atom. The summed E-state index contributed by atoms with van der Waals surface area (Å²) in [5.74, 6) is 1.09. The van der Waals surface area contributed by atoms with Crippen LogP contribution in [0.15, 0.2) is 36.7 Å². The molecule has 108 valence electrons. The Morgan fingerprint density at radius 2 is 2.24 bits per heavy atom. The summed E-state index contributed by atoms with van der Waals surface area (Å²) in [5.41, 5.74) is 9.12. The molecular weight excluding hydrogens is 262 g/mol. The summed E-state index contributed by atoms with van der Waals surface area (Å²) in [5, 5.41) is 4.36. The van der Waals surface area contributed by atoms with Gasteiger partial charge in [-0.1, -0.05) is 6.07 Å². The van der Waals surface area contributed by atoms with Gasteiger partial charge in [0.2, 0.25) is 0 Å². The van der Waals surface area contributed by atoms with E-state index < -0.39 is 0 Å². The van der Waals surface area contributed by atoms with Crippen molar-refractivity contribution in [1.82, 2.24) is 19.3 Å². The molecule has 1 fully saturated rings. The van der Waals surface area contributed by atoms with Crippen LogP contribution in [0.3, 0.4) is 0 Å². The van der Waals surface area contributed by atoms with Crippen molar-refractivity contribution in [1.29, 1.82) is 0 Å². The van der Waals surface area contributed by atoms with Crippen LogP contribution in [-0.4, -0.2) is 19.3 Å². The van der Waals surface area contributed by atoms with Crippen molar-refractivity contribution in [2.45, 2.75) is 38.4 Å². The summed E-state index contributed by atoms with van der Waals surface area (Å²) in [6, 6.07) is 9.04. The molecule has 21 heavy (non-hydrogen) atoms. The van der Waals surface area contributed by atoms with E-state index in [-0.39, 0.29) is 6.04 Å². The largest absolute Gasteiger partial charge is 0.326 e. The number of nitrogens with two attached hydrogens (primary N) is 1. The molecule has 2 N–H and O–H groups in total. The van der Waals surface area contributed by atoms with Crippen molar-refractivity contribution >= 4 is 11.0 Å². The molecule has 0 aliphatic heterocycles. The summed E-state index contributed by atoms with van der Waals surface area (Å²) in [7, 11) is 0. The minimum absolute atomic E-state index is 0.134. The third kappa shape index (κ3) is 2.05. The summed E-state index contributed by atoms with van der Waals surface area (Å²) in [6.45, 7) is 2.70. The lowest BCUT2D eigenvalue weighted by Crippen LogP contribution is -2.13. The first-order valence-electron chi connectivity index (χ1n) is 7.48. The van der Waals surface area contributed by atoms with Gasteiger partial charge in [-0.05, 0) is 43.5 Å². The maximum absolute atomic E-state index is 5.75. The van der Waals surface area contributed by atoms with Crippen LogP contribution in [0.4, 0.5) is 0 Å². The lowest BCUT2D eigenvalue weighted by molar-refractivity contribution is 0.510. The molecule has 0 radical (unpaired) electrons. The molecule has 0 spiro atoms. The Labute approximate surface area is 123 Å². The fourth-order valence-electron chi connectivity index (χ4n) is 2.93. The van der Waals surface area contributed by atoms with Crippen molar-refractivity contribution in [2.24, 2.45) is 5.73 Å². The number of nitrogens with zero attached hydrogens (tertiary/aromatic N) is 4. The van der Waals surface area contributed by atoms with E-state index in [1.54, 1.807) is 0 Å². The lowest BCUT2D eigenvalue weighted by atomic mass is 10.2. The van der Waals surface area contributed by atoms with Crippen LogP contribution in [0, 0.1) is 0 Å². The molecule has 4 rings (SSSR count). The number of benzene rings is 1. The molecule has 0 amide bonds. The van der Waals surface area contributed by atoms with Gasteiger partial charge in [-0.2, -0.15) is 5.10 Å². The van der Waals surface area contributed by atoms with Crippen molar-refractivity contribution in [3.63, 3.8) is 0 Å². The van der Waals surface area contributed by atoms with Crippen LogP contribution in [-0.2, 0) is 6.54 Å². The fourth-order valence-corrected chi connectivity index (χ4v) is 2.93. The maximum Gasteiger partial charge on any atom is 0.134 e. The van der Waals surface area contributed by atoms with Gasteiger partial charge in [-0.3, -0.25) is 4.68 Å². The van der Waals surface area contributed by atoms with Gasteiger partial charge in [0.05, 0.1) is 11.0 Å². The van der Waals surface area contributed by atoms with E-state index in [1.807, 2.05) is 23.1 Å². The first kappa shape index (κ1) is 12.6. The number of hydrogen-bond donors (Lipinski definition) is 1. The molecule has 1 aliphatic carbocycles. The number of imidazole rings is 1. The van der Waals surface area contributed by atoms with Gasteiger partial charge in [-0.15, -0.1) is 0 Å². The van der Waals surface area contributed by atoms with Crippen LogP contribution in [0.2, 0.25) is 0 Å². The average molecular weight is 281 g/mol. The normalized spacial score (nSPS) is 16.5. The predicted octanol–water partition coefficient (Wildman–Crippen LogP) is 2.64. The highest BCUT2D eigenvalue weighted by atomic mass is 15.3. The van der Waals surface area contributed by atoms with Gasteiger partial charge in [0.1, 0.15) is 11.9 Å². The Hall–Kier alpha value is -2.14. The number of fused-ring (bicyclic) bond motifs is 1. The summed E-state index contributed by atoms with van der Waals surface area (Å²) in [4.78, 5) is 4.88. The second kappa shape index (κ2) is 4.70. The van der Waals surface area contributed by atoms with Gasteiger partial charge in [0.25, 0.3) is 0 Å². The zero-order chi connectivity index (χ0) is 14.4. The van der Waals surface area contributed by atoms with E-state index in [0.29, 0.717) is 12.6 Å². The molecule has 1 unspecified atom stereocenters. The summed E-state index contributed by atoms with van der Waals surface area (Å²) < 4.78 is 4.35. The van der Waals surface area contributed by atoms with Gasteiger partial charge in [0.15, 0.2) is 0 Å². The standard InChI is InChI=1S/C16H19N5/c1-11(20-8-2-7-18-20)16-19-14-9-12(10-17)3-6-15(14)21(16)13-4-5-13/h2-3,6-9,11,13H,4-5,10,17H2,1H3. The highest BCUT2D eigenvalue weighted by Gasteiger charge is 2.30. The Kier molecular flexibility index (Phi) is 2.82. The van der Waals surface area contributed by atoms with Gasteiger partial charge >= 0.3 is 0 Å². The Bertz CT molecular complexity index is 767. The molecule has 1 atom stereocenters. The van der Waals surface area contributed by atoms with Gasteiger partial charge in [0, 0.05) is 25.0 Å². The first-order chi connectivity index (χ1) is 10.3. The number of hydrogen-bond acceptors (Lipinski definition) is 3. The Balaban J connectivity index is 1.89. The smallest absolute Gasteiger partial charge is 0.134 e. The highest BCUT2D eigenvalue weighted by Crippen LogP contribution is 2.40. The minimum atomic E-state index is 0.134. The second-order valence-corrected chi connectivity index (χ2v) is 5.76. The van der Waals surface area contributed by atoms with E-state index >= 15 is 0 Å². The SMILES string of the molecule is CC(c1nc2cc(CN)ccc2n1C1CC1)n1cccn1. The van der Waals surface area contributed by atoms with E-state index in [0.717, 1.165) is 16.9 Å². The predicted molar refractivity (Wildman–Crippen MR) is 81.9 cm³/mol. The number of aromatic nitrogens is 4. The van der Waals surface area contributed by atoms with Crippen LogP contribution in [0.1, 0.15) is 43.2 Å². The van der Waals surface area contributed by atoms with Crippen molar-refractivity contribution < 1.29 is 0 Å². The highest BCUT2D eigenvalue weighted by molar-refractivity contribution is 5.77. The quantitative estimate of drug-likeness (QED) is 0.799. The third-order valence-corrected chi connectivity index (χ3v) is 4.22. The maximum atomic E-state index is 5.75. The van der Waals surface area contributed by atoms with Crippen molar-refractivity contribution in [3.8, 4) is 0 Å². The van der Waals surface area contributed by atoms with Crippen molar-refractivity contribution in [3.05, 3.63) is 48.0 Å². The van der Waals surface area contributed by atoms with E-state index in [2.05, 4.69) is 34.8 Å². The van der Waals surface area contributed by atoms with Gasteiger partial charge < -0.3 is 10.3 Å². The molecule has 2 heterocycles. The van der Waals surface area contributed by atoms with Crippen LogP contribution in [0.25, 0.3) is 11.0 Å². The molecule has 3 aromatic rings. The molecule has 0 saturated heterocycles. The van der Waals surface area contributed by atoms with Crippen LogP contribution < -0.4 is 5.73 Å². The summed E-state index contributed by atoms with van der Waals surface area (Å²) >= 11 is 0. The minimum Gasteiger partial charge on any atom is -0.326 e. The lowest BCUT2D eigenvalue weighted by Gasteiger charge is -2.14. The van der Waals surface area contributed by atoms with Crippen LogP contribution in [0.5, 0.6) is 0 Å². The molecule has 1 saturated carbocycles. The van der Waals surface area contributed by atoms with E-state index in [1.165, 1.54) is 18.4 Å². The zero-order valence-electron chi connectivity index (χ0n) is 12.1. The molecular formula is C16H19N5. The molecule has 2 aromatic heterocycles. The Morgan fingerprint density at radius 1 is 1.38 bits per heavy atom. The third-order valence-electron chi connectivity index (χ3n) is 4.22. The first-order valence-corrected chi connectivity index (χ1v) is 7.48. The topological polar surface area (TPSA) is 61.7 Å². The monoisotopic (exact) mass is 281 g/mol. The van der Waals surface area contributed by atoms with Gasteiger partial charge in [-0.25, -0.2) is 4.98 Å². The van der Waals surface area contributed by atoms with Crippen LogP contribution >= 0.6 is 0 Å². The van der Waals surface area contributed by atoms with E-state index in [4.69, 9.17) is 10.7 Å². The molecule has 1 aliphatic rings. The molecule has 5 nitrogen and oxygen atoms in total. The summed E-state index contributed by atoms with van der Waals surface area (Å²) in [6.07, 6.45) is 6.28. The molecule has 0 bridgehead atoms. The fraction of sp³-hybridized carbons (Fsp3) is 0.375.